The molecule has 0 amide bonds. The standard InChI is InChI=1S/C12H18O3/c1-10(7-13)12(8-14)15-9-11-5-3-2-4-6-11/h2-6,10,12-14H,7-9H2,1H3. The number of aliphatic hydroxyl groups is 2. The molecule has 2 unspecified atom stereocenters. The number of hydrogen-bond donors (Lipinski definition) is 2. The lowest BCUT2D eigenvalue weighted by Crippen LogP contribution is -2.28. The third-order valence-electron chi connectivity index (χ3n) is 2.41. The van der Waals surface area contributed by atoms with Crippen LogP contribution in [0.15, 0.2) is 30.3 Å². The lowest BCUT2D eigenvalue weighted by atomic mass is 10.1. The van der Waals surface area contributed by atoms with Gasteiger partial charge in [-0.15, -0.1) is 0 Å². The van der Waals surface area contributed by atoms with Crippen LogP contribution in [-0.2, 0) is 11.3 Å². The van der Waals surface area contributed by atoms with E-state index in [0.29, 0.717) is 6.61 Å². The number of aliphatic hydroxyl groups excluding tert-OH is 2. The molecule has 0 saturated carbocycles. The van der Waals surface area contributed by atoms with E-state index in [1.54, 1.807) is 0 Å². The molecule has 0 fully saturated rings. The van der Waals surface area contributed by atoms with Crippen molar-refractivity contribution in [3.63, 3.8) is 0 Å². The lowest BCUT2D eigenvalue weighted by Gasteiger charge is -2.20. The summed E-state index contributed by atoms with van der Waals surface area (Å²) in [6.07, 6.45) is -0.296. The maximum Gasteiger partial charge on any atom is 0.0857 e. The highest BCUT2D eigenvalue weighted by atomic mass is 16.5. The van der Waals surface area contributed by atoms with Crippen molar-refractivity contribution in [2.24, 2.45) is 5.92 Å². The molecule has 0 bridgehead atoms. The first kappa shape index (κ1) is 12.2. The SMILES string of the molecule is CC(CO)C(CO)OCc1ccccc1. The topological polar surface area (TPSA) is 49.7 Å². The fourth-order valence-electron chi connectivity index (χ4n) is 1.29. The van der Waals surface area contributed by atoms with Crippen molar-refractivity contribution in [2.75, 3.05) is 13.2 Å². The first-order chi connectivity index (χ1) is 7.27. The Kier molecular flexibility index (Phi) is 5.32. The highest BCUT2D eigenvalue weighted by Crippen LogP contribution is 2.09. The van der Waals surface area contributed by atoms with Gasteiger partial charge >= 0.3 is 0 Å². The van der Waals surface area contributed by atoms with Crippen LogP contribution in [0, 0.1) is 5.92 Å². The Bertz CT molecular complexity index is 261. The molecule has 1 aromatic rings. The molecule has 0 aliphatic rings. The van der Waals surface area contributed by atoms with E-state index < -0.39 is 0 Å². The Hall–Kier alpha value is -0.900. The number of rotatable bonds is 6. The molecule has 15 heavy (non-hydrogen) atoms. The smallest absolute Gasteiger partial charge is 0.0857 e. The van der Waals surface area contributed by atoms with Gasteiger partial charge in [0.1, 0.15) is 0 Å². The van der Waals surface area contributed by atoms with Crippen molar-refractivity contribution in [3.05, 3.63) is 35.9 Å². The zero-order chi connectivity index (χ0) is 11.1. The second kappa shape index (κ2) is 6.56. The van der Waals surface area contributed by atoms with Gasteiger partial charge in [-0.3, -0.25) is 0 Å². The summed E-state index contributed by atoms with van der Waals surface area (Å²) in [5, 5.41) is 18.0. The summed E-state index contributed by atoms with van der Waals surface area (Å²) in [5.74, 6) is -0.0429. The van der Waals surface area contributed by atoms with Crippen LogP contribution in [0.25, 0.3) is 0 Å². The van der Waals surface area contributed by atoms with Crippen molar-refractivity contribution in [3.8, 4) is 0 Å². The van der Waals surface area contributed by atoms with Gasteiger partial charge < -0.3 is 14.9 Å². The van der Waals surface area contributed by atoms with Crippen LogP contribution in [0.5, 0.6) is 0 Å². The van der Waals surface area contributed by atoms with Gasteiger partial charge in [0.25, 0.3) is 0 Å². The maximum atomic E-state index is 9.07. The first-order valence-electron chi connectivity index (χ1n) is 5.15. The van der Waals surface area contributed by atoms with Gasteiger partial charge in [0, 0.05) is 12.5 Å². The summed E-state index contributed by atoms with van der Waals surface area (Å²) < 4.78 is 5.52. The summed E-state index contributed by atoms with van der Waals surface area (Å²) in [6, 6.07) is 9.78. The molecule has 0 aliphatic carbocycles. The van der Waals surface area contributed by atoms with Gasteiger partial charge in [0.2, 0.25) is 0 Å². The van der Waals surface area contributed by atoms with Gasteiger partial charge in [-0.2, -0.15) is 0 Å². The lowest BCUT2D eigenvalue weighted by molar-refractivity contribution is -0.0408. The summed E-state index contributed by atoms with van der Waals surface area (Å²) in [4.78, 5) is 0. The second-order valence-corrected chi connectivity index (χ2v) is 3.68. The zero-order valence-corrected chi connectivity index (χ0v) is 8.97. The number of benzene rings is 1. The van der Waals surface area contributed by atoms with Crippen molar-refractivity contribution in [1.29, 1.82) is 0 Å². The first-order valence-corrected chi connectivity index (χ1v) is 5.15. The molecule has 1 rings (SSSR count). The quantitative estimate of drug-likeness (QED) is 0.741. The molecule has 2 atom stereocenters. The van der Waals surface area contributed by atoms with E-state index >= 15 is 0 Å². The molecule has 0 saturated heterocycles. The van der Waals surface area contributed by atoms with Crippen LogP contribution in [0.3, 0.4) is 0 Å². The Balaban J connectivity index is 2.41. The van der Waals surface area contributed by atoms with Crippen LogP contribution in [-0.4, -0.2) is 29.5 Å². The fraction of sp³-hybridized carbons (Fsp3) is 0.500. The van der Waals surface area contributed by atoms with E-state index in [2.05, 4.69) is 0 Å². The van der Waals surface area contributed by atoms with Crippen LogP contribution in [0.4, 0.5) is 0 Å². The van der Waals surface area contributed by atoms with Crippen molar-refractivity contribution in [1.82, 2.24) is 0 Å². The third-order valence-corrected chi connectivity index (χ3v) is 2.41. The van der Waals surface area contributed by atoms with Crippen molar-refractivity contribution < 1.29 is 14.9 Å². The molecule has 0 aliphatic heterocycles. The fourth-order valence-corrected chi connectivity index (χ4v) is 1.29. The van der Waals surface area contributed by atoms with Gasteiger partial charge in [0.05, 0.1) is 19.3 Å². The van der Waals surface area contributed by atoms with E-state index in [9.17, 15) is 0 Å². The molecule has 3 nitrogen and oxygen atoms in total. The predicted octanol–water partition coefficient (Wildman–Crippen LogP) is 1.19. The molecular formula is C12H18O3. The largest absolute Gasteiger partial charge is 0.396 e. The normalized spacial score (nSPS) is 14.9. The Morgan fingerprint density at radius 2 is 1.80 bits per heavy atom. The second-order valence-electron chi connectivity index (χ2n) is 3.68. The minimum Gasteiger partial charge on any atom is -0.396 e. The summed E-state index contributed by atoms with van der Waals surface area (Å²) in [6.45, 7) is 2.29. The minimum atomic E-state index is -0.296. The molecule has 0 radical (unpaired) electrons. The van der Waals surface area contributed by atoms with Gasteiger partial charge in [-0.05, 0) is 5.56 Å². The average Bonchev–Trinajstić information content (AvgIpc) is 2.31. The summed E-state index contributed by atoms with van der Waals surface area (Å²) in [5.41, 5.74) is 1.07. The van der Waals surface area contributed by atoms with Crippen molar-refractivity contribution in [2.45, 2.75) is 19.6 Å². The molecule has 2 N–H and O–H groups in total. The minimum absolute atomic E-state index is 0.0278. The Morgan fingerprint density at radius 1 is 1.13 bits per heavy atom. The van der Waals surface area contributed by atoms with Gasteiger partial charge in [-0.1, -0.05) is 37.3 Å². The Labute approximate surface area is 90.3 Å². The van der Waals surface area contributed by atoms with Crippen LogP contribution < -0.4 is 0 Å². The van der Waals surface area contributed by atoms with Crippen LogP contribution in [0.1, 0.15) is 12.5 Å². The molecule has 1 aromatic carbocycles. The van der Waals surface area contributed by atoms with E-state index in [1.807, 2.05) is 37.3 Å². The highest BCUT2D eigenvalue weighted by molar-refractivity contribution is 5.13. The molecule has 0 heterocycles. The summed E-state index contributed by atoms with van der Waals surface area (Å²) >= 11 is 0. The van der Waals surface area contributed by atoms with Gasteiger partial charge in [0.15, 0.2) is 0 Å². The monoisotopic (exact) mass is 210 g/mol. The van der Waals surface area contributed by atoms with Gasteiger partial charge in [-0.25, -0.2) is 0 Å². The van der Waals surface area contributed by atoms with Crippen molar-refractivity contribution >= 4 is 0 Å². The molecule has 0 spiro atoms. The number of hydrogen-bond acceptors (Lipinski definition) is 3. The molecule has 3 heteroatoms. The molecule has 0 aromatic heterocycles. The van der Waals surface area contributed by atoms with E-state index in [0.717, 1.165) is 5.56 Å². The maximum absolute atomic E-state index is 9.07. The third kappa shape index (κ3) is 4.00. The van der Waals surface area contributed by atoms with E-state index in [1.165, 1.54) is 0 Å². The van der Waals surface area contributed by atoms with E-state index in [-0.39, 0.29) is 25.2 Å². The highest BCUT2D eigenvalue weighted by Gasteiger charge is 2.15. The summed E-state index contributed by atoms with van der Waals surface area (Å²) in [7, 11) is 0. The molecular weight excluding hydrogens is 192 g/mol. The number of ether oxygens (including phenoxy) is 1. The van der Waals surface area contributed by atoms with Crippen LogP contribution >= 0.6 is 0 Å². The van der Waals surface area contributed by atoms with E-state index in [4.69, 9.17) is 14.9 Å². The predicted molar refractivity (Wildman–Crippen MR) is 58.4 cm³/mol. The molecule has 84 valence electrons. The van der Waals surface area contributed by atoms with Crippen LogP contribution in [0.2, 0.25) is 0 Å². The Morgan fingerprint density at radius 3 is 2.33 bits per heavy atom. The average molecular weight is 210 g/mol. The zero-order valence-electron chi connectivity index (χ0n) is 8.97.